The van der Waals surface area contributed by atoms with Crippen LogP contribution in [0.4, 0.5) is 0 Å². The molecule has 9 heteroatoms. The zero-order valence-corrected chi connectivity index (χ0v) is 15.1. The van der Waals surface area contributed by atoms with Crippen LogP contribution >= 0.6 is 24.8 Å². The quantitative estimate of drug-likeness (QED) is 0.753. The molecule has 1 saturated heterocycles. The topological polar surface area (TPSA) is 76.8 Å². The van der Waals surface area contributed by atoms with Gasteiger partial charge >= 0.3 is 0 Å². The summed E-state index contributed by atoms with van der Waals surface area (Å²) in [5.41, 5.74) is 0.494. The van der Waals surface area contributed by atoms with Crippen molar-refractivity contribution < 1.29 is 4.79 Å². The van der Waals surface area contributed by atoms with Gasteiger partial charge in [-0.3, -0.25) is 9.48 Å². The number of carbonyl (C=O) groups is 1. The Morgan fingerprint density at radius 3 is 2.96 bits per heavy atom. The third kappa shape index (κ3) is 5.51. The van der Waals surface area contributed by atoms with E-state index in [9.17, 15) is 4.79 Å². The summed E-state index contributed by atoms with van der Waals surface area (Å²) in [6.07, 6.45) is 10.5. The number of halogens is 2. The van der Waals surface area contributed by atoms with Crippen molar-refractivity contribution >= 4 is 30.7 Å². The Morgan fingerprint density at radius 1 is 1.38 bits per heavy atom. The molecule has 0 spiro atoms. The molecule has 1 aliphatic rings. The maximum Gasteiger partial charge on any atom is 0.271 e. The lowest BCUT2D eigenvalue weighted by Crippen LogP contribution is -2.32. The Bertz CT molecular complexity index is 595. The summed E-state index contributed by atoms with van der Waals surface area (Å²) in [6, 6.07) is 2.15. The van der Waals surface area contributed by atoms with Crippen molar-refractivity contribution in [2.45, 2.75) is 31.8 Å². The minimum atomic E-state index is -0.104. The van der Waals surface area contributed by atoms with Gasteiger partial charge in [-0.05, 0) is 31.9 Å². The molecular weight excluding hydrogens is 351 g/mol. The van der Waals surface area contributed by atoms with E-state index in [0.717, 1.165) is 38.9 Å². The second-order valence-electron chi connectivity index (χ2n) is 5.59. The van der Waals surface area contributed by atoms with Crippen LogP contribution in [0.15, 0.2) is 31.0 Å². The summed E-state index contributed by atoms with van der Waals surface area (Å²) in [6.45, 7) is 3.48. The Hall–Kier alpha value is -1.57. The molecule has 3 rings (SSSR count). The Kier molecular flexibility index (Phi) is 8.81. The van der Waals surface area contributed by atoms with E-state index in [-0.39, 0.29) is 30.7 Å². The number of hydrogen-bond acceptors (Lipinski definition) is 4. The molecule has 134 valence electrons. The van der Waals surface area contributed by atoms with Gasteiger partial charge in [0, 0.05) is 38.2 Å². The number of amides is 1. The summed E-state index contributed by atoms with van der Waals surface area (Å²) in [5, 5.41) is 10.7. The van der Waals surface area contributed by atoms with Crippen molar-refractivity contribution in [3.05, 3.63) is 36.7 Å². The number of piperidine rings is 1. The Morgan fingerprint density at radius 2 is 2.25 bits per heavy atom. The van der Waals surface area contributed by atoms with Gasteiger partial charge in [0.05, 0.1) is 12.4 Å². The van der Waals surface area contributed by atoms with Crippen LogP contribution in [0.25, 0.3) is 0 Å². The van der Waals surface area contributed by atoms with E-state index >= 15 is 0 Å². The van der Waals surface area contributed by atoms with Crippen LogP contribution in [0, 0.1) is 0 Å². The zero-order chi connectivity index (χ0) is 15.2. The number of hydrogen-bond donors (Lipinski definition) is 2. The standard InChI is InChI=1S/C15H22N6O.2ClH/c22-15(18-6-2-8-20-10-7-17-12-20)14-4-9-21(19-14)13-3-1-5-16-11-13;;/h4,7,9-10,12-13,16H,1-3,5-6,8,11H2,(H,18,22);2*1H. The molecule has 1 unspecified atom stereocenters. The van der Waals surface area contributed by atoms with Gasteiger partial charge in [-0.2, -0.15) is 5.10 Å². The molecule has 1 fully saturated rings. The Balaban J connectivity index is 0.00000144. The minimum Gasteiger partial charge on any atom is -0.351 e. The van der Waals surface area contributed by atoms with Gasteiger partial charge < -0.3 is 15.2 Å². The molecular formula is C15H24Cl2N6O. The molecule has 0 aromatic carbocycles. The van der Waals surface area contributed by atoms with E-state index in [0.29, 0.717) is 18.3 Å². The van der Waals surface area contributed by atoms with Crippen molar-refractivity contribution in [1.82, 2.24) is 30.0 Å². The largest absolute Gasteiger partial charge is 0.351 e. The van der Waals surface area contributed by atoms with Crippen LogP contribution < -0.4 is 10.6 Å². The molecule has 1 aliphatic heterocycles. The van der Waals surface area contributed by atoms with E-state index in [1.165, 1.54) is 0 Å². The number of rotatable bonds is 6. The number of imidazole rings is 1. The SMILES string of the molecule is Cl.Cl.O=C(NCCCn1ccnc1)c1ccn(C2CCCNC2)n1. The van der Waals surface area contributed by atoms with Crippen LogP contribution in [-0.2, 0) is 6.54 Å². The summed E-state index contributed by atoms with van der Waals surface area (Å²) in [4.78, 5) is 16.1. The summed E-state index contributed by atoms with van der Waals surface area (Å²) < 4.78 is 3.91. The van der Waals surface area contributed by atoms with Gasteiger partial charge in [-0.15, -0.1) is 24.8 Å². The van der Waals surface area contributed by atoms with Gasteiger partial charge in [-0.1, -0.05) is 0 Å². The molecule has 3 heterocycles. The summed E-state index contributed by atoms with van der Waals surface area (Å²) >= 11 is 0. The maximum atomic E-state index is 12.1. The van der Waals surface area contributed by atoms with E-state index < -0.39 is 0 Å². The number of nitrogens with zero attached hydrogens (tertiary/aromatic N) is 4. The lowest BCUT2D eigenvalue weighted by Gasteiger charge is -2.22. The Labute approximate surface area is 154 Å². The highest BCUT2D eigenvalue weighted by atomic mass is 35.5. The van der Waals surface area contributed by atoms with Gasteiger partial charge in [0.2, 0.25) is 0 Å². The van der Waals surface area contributed by atoms with Gasteiger partial charge in [-0.25, -0.2) is 4.98 Å². The third-order valence-electron chi connectivity index (χ3n) is 3.92. The van der Waals surface area contributed by atoms with Crippen molar-refractivity contribution in [1.29, 1.82) is 0 Å². The fourth-order valence-electron chi connectivity index (χ4n) is 2.69. The molecule has 0 saturated carbocycles. The van der Waals surface area contributed by atoms with E-state index in [4.69, 9.17) is 0 Å². The van der Waals surface area contributed by atoms with Crippen LogP contribution in [-0.4, -0.2) is 44.9 Å². The first-order chi connectivity index (χ1) is 10.8. The highest BCUT2D eigenvalue weighted by Gasteiger charge is 2.17. The van der Waals surface area contributed by atoms with Gasteiger partial charge in [0.1, 0.15) is 5.69 Å². The van der Waals surface area contributed by atoms with Gasteiger partial charge in [0.15, 0.2) is 0 Å². The average Bonchev–Trinajstić information content (AvgIpc) is 3.24. The molecule has 0 aliphatic carbocycles. The normalized spacial score (nSPS) is 16.8. The predicted molar refractivity (Wildman–Crippen MR) is 97.0 cm³/mol. The van der Waals surface area contributed by atoms with Crippen LogP contribution in [0.1, 0.15) is 35.8 Å². The molecule has 1 atom stereocenters. The second-order valence-corrected chi connectivity index (χ2v) is 5.59. The monoisotopic (exact) mass is 374 g/mol. The van der Waals surface area contributed by atoms with Crippen molar-refractivity contribution in [3.63, 3.8) is 0 Å². The lowest BCUT2D eigenvalue weighted by molar-refractivity contribution is 0.0946. The molecule has 0 bridgehead atoms. The van der Waals surface area contributed by atoms with Crippen molar-refractivity contribution in [2.75, 3.05) is 19.6 Å². The first kappa shape index (κ1) is 20.5. The minimum absolute atomic E-state index is 0. The van der Waals surface area contributed by atoms with Gasteiger partial charge in [0.25, 0.3) is 5.91 Å². The number of nitrogens with one attached hydrogen (secondary N) is 2. The smallest absolute Gasteiger partial charge is 0.271 e. The maximum absolute atomic E-state index is 12.1. The summed E-state index contributed by atoms with van der Waals surface area (Å²) in [5.74, 6) is -0.104. The number of carbonyl (C=O) groups excluding carboxylic acids is 1. The van der Waals surface area contributed by atoms with Crippen LogP contribution in [0.3, 0.4) is 0 Å². The molecule has 2 N–H and O–H groups in total. The fourth-order valence-corrected chi connectivity index (χ4v) is 2.69. The fraction of sp³-hybridized carbons (Fsp3) is 0.533. The average molecular weight is 375 g/mol. The predicted octanol–water partition coefficient (Wildman–Crippen LogP) is 1.67. The van der Waals surface area contributed by atoms with E-state index in [1.807, 2.05) is 21.6 Å². The zero-order valence-electron chi connectivity index (χ0n) is 13.4. The molecule has 24 heavy (non-hydrogen) atoms. The molecule has 2 aromatic rings. The molecule has 2 aromatic heterocycles. The van der Waals surface area contributed by atoms with E-state index in [2.05, 4.69) is 20.7 Å². The third-order valence-corrected chi connectivity index (χ3v) is 3.92. The van der Waals surface area contributed by atoms with Crippen molar-refractivity contribution in [3.8, 4) is 0 Å². The highest BCUT2D eigenvalue weighted by molar-refractivity contribution is 5.92. The molecule has 0 radical (unpaired) electrons. The molecule has 7 nitrogen and oxygen atoms in total. The van der Waals surface area contributed by atoms with Crippen molar-refractivity contribution in [2.24, 2.45) is 0 Å². The number of aromatic nitrogens is 4. The first-order valence-electron chi connectivity index (χ1n) is 7.83. The summed E-state index contributed by atoms with van der Waals surface area (Å²) in [7, 11) is 0. The van der Waals surface area contributed by atoms with Crippen LogP contribution in [0.5, 0.6) is 0 Å². The first-order valence-corrected chi connectivity index (χ1v) is 7.83. The lowest BCUT2D eigenvalue weighted by atomic mass is 10.1. The number of aryl methyl sites for hydroxylation is 1. The highest BCUT2D eigenvalue weighted by Crippen LogP contribution is 2.15. The second kappa shape index (κ2) is 10.3. The molecule has 1 amide bonds. The van der Waals surface area contributed by atoms with Crippen LogP contribution in [0.2, 0.25) is 0 Å². The van der Waals surface area contributed by atoms with E-state index in [1.54, 1.807) is 18.6 Å².